The van der Waals surface area contributed by atoms with Crippen molar-refractivity contribution >= 4 is 23.8 Å². The molecule has 126 valence electrons. The number of hydrogen-bond acceptors (Lipinski definition) is 4. The number of nitrogens with zero attached hydrogens (tertiary/aromatic N) is 2. The van der Waals surface area contributed by atoms with Crippen LogP contribution in [-0.2, 0) is 14.4 Å². The van der Waals surface area contributed by atoms with Crippen molar-refractivity contribution in [2.45, 2.75) is 32.1 Å². The maximum atomic E-state index is 12.2. The number of carboxylic acids is 1. The van der Waals surface area contributed by atoms with Crippen molar-refractivity contribution in [1.82, 2.24) is 15.1 Å². The molecule has 2 aliphatic heterocycles. The van der Waals surface area contributed by atoms with E-state index < -0.39 is 11.4 Å². The van der Waals surface area contributed by atoms with Gasteiger partial charge in [-0.15, -0.1) is 0 Å². The van der Waals surface area contributed by atoms with Gasteiger partial charge in [-0.3, -0.25) is 19.3 Å². The summed E-state index contributed by atoms with van der Waals surface area (Å²) < 4.78 is 0. The number of urea groups is 1. The smallest absolute Gasteiger partial charge is 0.317 e. The topological polar surface area (TPSA) is 107 Å². The minimum atomic E-state index is -0.816. The first-order valence-electron chi connectivity index (χ1n) is 8.03. The monoisotopic (exact) mass is 323 g/mol. The summed E-state index contributed by atoms with van der Waals surface area (Å²) in [7, 11) is 0. The fourth-order valence-electron chi connectivity index (χ4n) is 4.05. The SMILES string of the molecule is O=C(NCCN1C(=O)CCC1=O)N1C[C@@H]2CCC[C@@]2(C(=O)O)C1. The van der Waals surface area contributed by atoms with Crippen LogP contribution in [0.1, 0.15) is 32.1 Å². The van der Waals surface area contributed by atoms with Crippen LogP contribution in [0.4, 0.5) is 4.79 Å². The molecule has 0 aromatic carbocycles. The van der Waals surface area contributed by atoms with Crippen molar-refractivity contribution in [2.75, 3.05) is 26.2 Å². The highest BCUT2D eigenvalue weighted by Crippen LogP contribution is 2.48. The summed E-state index contributed by atoms with van der Waals surface area (Å²) in [6.07, 6.45) is 2.83. The molecule has 2 N–H and O–H groups in total. The maximum Gasteiger partial charge on any atom is 0.317 e. The van der Waals surface area contributed by atoms with E-state index in [0.29, 0.717) is 13.0 Å². The highest BCUT2D eigenvalue weighted by molar-refractivity contribution is 6.01. The van der Waals surface area contributed by atoms with Crippen molar-refractivity contribution in [3.63, 3.8) is 0 Å². The van der Waals surface area contributed by atoms with Crippen molar-refractivity contribution in [3.05, 3.63) is 0 Å². The number of hydrogen-bond donors (Lipinski definition) is 2. The molecule has 0 spiro atoms. The van der Waals surface area contributed by atoms with Crippen molar-refractivity contribution < 1.29 is 24.3 Å². The number of nitrogens with one attached hydrogen (secondary N) is 1. The largest absolute Gasteiger partial charge is 0.481 e. The quantitative estimate of drug-likeness (QED) is 0.710. The Balaban J connectivity index is 1.51. The molecule has 3 aliphatic rings. The van der Waals surface area contributed by atoms with Gasteiger partial charge in [0.05, 0.1) is 5.41 Å². The van der Waals surface area contributed by atoms with Gasteiger partial charge in [0.15, 0.2) is 0 Å². The molecule has 2 saturated heterocycles. The van der Waals surface area contributed by atoms with E-state index >= 15 is 0 Å². The summed E-state index contributed by atoms with van der Waals surface area (Å²) in [5.41, 5.74) is -0.793. The van der Waals surface area contributed by atoms with E-state index in [1.165, 1.54) is 0 Å². The van der Waals surface area contributed by atoms with E-state index in [1.54, 1.807) is 4.90 Å². The summed E-state index contributed by atoms with van der Waals surface area (Å²) in [4.78, 5) is 49.5. The van der Waals surface area contributed by atoms with Crippen LogP contribution in [0, 0.1) is 11.3 Å². The van der Waals surface area contributed by atoms with Crippen LogP contribution < -0.4 is 5.32 Å². The molecule has 1 saturated carbocycles. The molecule has 8 heteroatoms. The molecule has 23 heavy (non-hydrogen) atoms. The first kappa shape index (κ1) is 15.8. The zero-order valence-electron chi connectivity index (χ0n) is 12.9. The molecule has 0 bridgehead atoms. The standard InChI is InChI=1S/C15H21N3O5/c19-11-3-4-12(20)18(11)7-6-16-14(23)17-8-10-2-1-5-15(10,9-17)13(21)22/h10H,1-9H2,(H,16,23)(H,21,22)/t10-,15+/m0/s1. The Kier molecular flexibility index (Phi) is 3.99. The Morgan fingerprint density at radius 3 is 2.57 bits per heavy atom. The maximum absolute atomic E-state index is 12.2. The predicted octanol–water partition coefficient (Wildman–Crippen LogP) is 0.0317. The average molecular weight is 323 g/mol. The van der Waals surface area contributed by atoms with E-state index in [0.717, 1.165) is 17.7 Å². The highest BCUT2D eigenvalue weighted by atomic mass is 16.4. The Hall–Kier alpha value is -2.12. The lowest BCUT2D eigenvalue weighted by molar-refractivity contribution is -0.149. The lowest BCUT2D eigenvalue weighted by atomic mass is 9.81. The predicted molar refractivity (Wildman–Crippen MR) is 78.3 cm³/mol. The van der Waals surface area contributed by atoms with Gasteiger partial charge in [0.1, 0.15) is 0 Å². The number of carbonyl (C=O) groups is 4. The third-order valence-electron chi connectivity index (χ3n) is 5.35. The van der Waals surface area contributed by atoms with Crippen LogP contribution in [0.15, 0.2) is 0 Å². The van der Waals surface area contributed by atoms with Crippen LogP contribution in [0.3, 0.4) is 0 Å². The minimum Gasteiger partial charge on any atom is -0.481 e. The van der Waals surface area contributed by atoms with Gasteiger partial charge >= 0.3 is 12.0 Å². The molecule has 0 aromatic heterocycles. The van der Waals surface area contributed by atoms with Crippen LogP contribution in [0.25, 0.3) is 0 Å². The summed E-state index contributed by atoms with van der Waals surface area (Å²) in [6, 6.07) is -0.320. The zero-order chi connectivity index (χ0) is 16.6. The zero-order valence-corrected chi connectivity index (χ0v) is 12.9. The first-order valence-corrected chi connectivity index (χ1v) is 8.03. The average Bonchev–Trinajstić information content (AvgIpc) is 3.14. The molecule has 3 fully saturated rings. The lowest BCUT2D eigenvalue weighted by Gasteiger charge is -2.23. The van der Waals surface area contributed by atoms with Gasteiger partial charge in [-0.25, -0.2) is 4.79 Å². The van der Waals surface area contributed by atoms with Gasteiger partial charge < -0.3 is 15.3 Å². The summed E-state index contributed by atoms with van der Waals surface area (Å²) in [5, 5.41) is 12.2. The van der Waals surface area contributed by atoms with Gasteiger partial charge in [0.2, 0.25) is 11.8 Å². The number of fused-ring (bicyclic) bond motifs is 1. The Morgan fingerprint density at radius 1 is 1.26 bits per heavy atom. The lowest BCUT2D eigenvalue weighted by Crippen LogP contribution is -2.44. The number of rotatable bonds is 4. The van der Waals surface area contributed by atoms with E-state index in [9.17, 15) is 24.3 Å². The van der Waals surface area contributed by atoms with E-state index in [-0.39, 0.29) is 56.2 Å². The second-order valence-electron chi connectivity index (χ2n) is 6.60. The van der Waals surface area contributed by atoms with Gasteiger partial charge in [0, 0.05) is 39.0 Å². The third kappa shape index (κ3) is 2.66. The Bertz CT molecular complexity index is 547. The van der Waals surface area contributed by atoms with E-state index in [1.807, 2.05) is 0 Å². The van der Waals surface area contributed by atoms with Gasteiger partial charge in [0.25, 0.3) is 0 Å². The fraction of sp³-hybridized carbons (Fsp3) is 0.733. The summed E-state index contributed by atoms with van der Waals surface area (Å²) in [6.45, 7) is 1.06. The molecule has 0 unspecified atom stereocenters. The van der Waals surface area contributed by atoms with Gasteiger partial charge in [-0.2, -0.15) is 0 Å². The molecule has 0 aromatic rings. The number of aliphatic carboxylic acids is 1. The minimum absolute atomic E-state index is 0.0208. The van der Waals surface area contributed by atoms with Crippen molar-refractivity contribution in [2.24, 2.45) is 11.3 Å². The molecule has 2 heterocycles. The van der Waals surface area contributed by atoms with Crippen molar-refractivity contribution in [1.29, 1.82) is 0 Å². The molecular formula is C15H21N3O5. The number of carboxylic acid groups (broad SMARTS) is 1. The van der Waals surface area contributed by atoms with Crippen LogP contribution >= 0.6 is 0 Å². The van der Waals surface area contributed by atoms with E-state index in [2.05, 4.69) is 5.32 Å². The van der Waals surface area contributed by atoms with Crippen LogP contribution in [0.2, 0.25) is 0 Å². The Morgan fingerprint density at radius 2 is 1.96 bits per heavy atom. The molecule has 1 aliphatic carbocycles. The number of likely N-dealkylation sites (tertiary alicyclic amines) is 2. The molecule has 0 radical (unpaired) electrons. The van der Waals surface area contributed by atoms with Crippen LogP contribution in [-0.4, -0.2) is 64.9 Å². The normalized spacial score (nSPS) is 30.0. The van der Waals surface area contributed by atoms with Gasteiger partial charge in [-0.05, 0) is 18.8 Å². The van der Waals surface area contributed by atoms with E-state index in [4.69, 9.17) is 0 Å². The molecule has 3 rings (SSSR count). The van der Waals surface area contributed by atoms with Crippen LogP contribution in [0.5, 0.6) is 0 Å². The number of carbonyl (C=O) groups excluding carboxylic acids is 3. The summed E-state index contributed by atoms with van der Waals surface area (Å²) in [5.74, 6) is -1.20. The molecule has 2 atom stereocenters. The second-order valence-corrected chi connectivity index (χ2v) is 6.60. The summed E-state index contributed by atoms with van der Waals surface area (Å²) >= 11 is 0. The third-order valence-corrected chi connectivity index (χ3v) is 5.35. The molecular weight excluding hydrogens is 302 g/mol. The number of imide groups is 1. The molecule has 8 nitrogen and oxygen atoms in total. The fourth-order valence-corrected chi connectivity index (χ4v) is 4.05. The highest BCUT2D eigenvalue weighted by Gasteiger charge is 2.55. The second kappa shape index (κ2) is 5.82. The first-order chi connectivity index (χ1) is 10.9. The molecule has 4 amide bonds. The Labute approximate surface area is 133 Å². The number of amides is 4. The van der Waals surface area contributed by atoms with Crippen molar-refractivity contribution in [3.8, 4) is 0 Å². The van der Waals surface area contributed by atoms with Gasteiger partial charge in [-0.1, -0.05) is 6.42 Å².